The van der Waals surface area contributed by atoms with Crippen molar-refractivity contribution in [2.75, 3.05) is 6.61 Å². The number of ether oxygens (including phenoxy) is 3. The second-order valence-corrected chi connectivity index (χ2v) is 13.4. The van der Waals surface area contributed by atoms with Gasteiger partial charge in [0.15, 0.2) is 15.2 Å². The number of benzene rings is 2. The molecule has 14 heteroatoms. The highest BCUT2D eigenvalue weighted by atomic mass is 32.2. The molecule has 4 atom stereocenters. The van der Waals surface area contributed by atoms with Gasteiger partial charge in [-0.1, -0.05) is 60.7 Å². The van der Waals surface area contributed by atoms with Crippen LogP contribution < -0.4 is 11.1 Å². The zero-order valence-electron chi connectivity index (χ0n) is 23.6. The molecule has 2 aromatic rings. The van der Waals surface area contributed by atoms with E-state index in [1.54, 1.807) is 60.7 Å². The molecule has 3 amide bonds. The van der Waals surface area contributed by atoms with Crippen molar-refractivity contribution in [3.05, 3.63) is 71.8 Å². The molecule has 3 N–H and O–H groups in total. The molecule has 2 saturated heterocycles. The first kappa shape index (κ1) is 31.6. The molecule has 0 aliphatic carbocycles. The number of nitrogens with zero attached hydrogens (tertiary/aromatic N) is 1. The molecule has 0 saturated carbocycles. The van der Waals surface area contributed by atoms with Gasteiger partial charge in [-0.15, -0.1) is 0 Å². The SMILES string of the molecule is CC1(C)[C@H](C(=O)OCc2ccccc2)N2C(=O)[C@@H](COC(=O)[C@@H](N)CCC(=O)NC(=O)OCc3ccccc3)[C@H]2S1(=O)=O. The number of nitrogens with one attached hydrogen (secondary N) is 1. The Morgan fingerprint density at radius 2 is 1.49 bits per heavy atom. The van der Waals surface area contributed by atoms with Gasteiger partial charge in [-0.25, -0.2) is 18.0 Å². The van der Waals surface area contributed by atoms with Gasteiger partial charge in [-0.05, 0) is 31.4 Å². The molecular weight excluding hydrogens is 582 g/mol. The second-order valence-electron chi connectivity index (χ2n) is 10.8. The molecule has 4 rings (SSSR count). The van der Waals surface area contributed by atoms with Crippen molar-refractivity contribution >= 4 is 39.7 Å². The molecule has 43 heavy (non-hydrogen) atoms. The van der Waals surface area contributed by atoms with Crippen molar-refractivity contribution in [3.8, 4) is 0 Å². The normalized spacial score (nSPS) is 22.0. The van der Waals surface area contributed by atoms with Crippen molar-refractivity contribution in [1.29, 1.82) is 0 Å². The maximum atomic E-state index is 13.3. The van der Waals surface area contributed by atoms with E-state index in [0.29, 0.717) is 5.56 Å². The largest absolute Gasteiger partial charge is 0.464 e. The van der Waals surface area contributed by atoms with Crippen molar-refractivity contribution in [1.82, 2.24) is 10.2 Å². The van der Waals surface area contributed by atoms with Crippen LogP contribution in [-0.4, -0.2) is 72.0 Å². The predicted molar refractivity (Wildman–Crippen MR) is 150 cm³/mol. The van der Waals surface area contributed by atoms with Crippen LogP contribution in [0.2, 0.25) is 0 Å². The molecule has 2 fully saturated rings. The summed E-state index contributed by atoms with van der Waals surface area (Å²) in [7, 11) is -4.06. The quantitative estimate of drug-likeness (QED) is 0.210. The molecule has 0 radical (unpaired) electrons. The molecule has 0 spiro atoms. The van der Waals surface area contributed by atoms with Gasteiger partial charge in [0.2, 0.25) is 11.8 Å². The lowest BCUT2D eigenvalue weighted by molar-refractivity contribution is -0.171. The Labute approximate surface area is 248 Å². The molecule has 0 aromatic heterocycles. The summed E-state index contributed by atoms with van der Waals surface area (Å²) in [5.74, 6) is -4.44. The number of β-lactam (4-membered cyclic amide) rings is 1. The van der Waals surface area contributed by atoms with Crippen LogP contribution in [0.25, 0.3) is 0 Å². The lowest BCUT2D eigenvalue weighted by Crippen LogP contribution is -2.65. The Morgan fingerprint density at radius 3 is 2.07 bits per heavy atom. The maximum Gasteiger partial charge on any atom is 0.414 e. The number of hydrogen-bond acceptors (Lipinski definition) is 11. The summed E-state index contributed by atoms with van der Waals surface area (Å²) < 4.78 is 40.5. The van der Waals surface area contributed by atoms with Crippen LogP contribution in [-0.2, 0) is 56.4 Å². The van der Waals surface area contributed by atoms with Gasteiger partial charge in [0, 0.05) is 6.42 Å². The fraction of sp³-hybridized carbons (Fsp3) is 0.414. The Kier molecular flexibility index (Phi) is 9.50. The van der Waals surface area contributed by atoms with E-state index in [0.717, 1.165) is 10.5 Å². The molecule has 2 heterocycles. The van der Waals surface area contributed by atoms with E-state index in [4.69, 9.17) is 19.9 Å². The Bertz CT molecular complexity index is 1480. The molecule has 2 aliphatic heterocycles. The maximum absolute atomic E-state index is 13.3. The van der Waals surface area contributed by atoms with E-state index >= 15 is 0 Å². The summed E-state index contributed by atoms with van der Waals surface area (Å²) in [4.78, 5) is 63.2. The highest BCUT2D eigenvalue weighted by Crippen LogP contribution is 2.49. The fourth-order valence-corrected chi connectivity index (χ4v) is 7.27. The standard InChI is InChI=1S/C29H33N3O10S/c1-29(2)23(27(36)40-15-18-9-5-3-6-10-18)32-24(34)20(25(32)43(29,38)39)17-41-26(35)21(30)13-14-22(33)31-28(37)42-16-19-11-7-4-8-12-19/h3-12,20-21,23,25H,13-17,30H2,1-2H3,(H,31,33,37)/t20-,21+,23+,25-/m1/s1. The minimum atomic E-state index is -4.06. The van der Waals surface area contributed by atoms with Gasteiger partial charge < -0.3 is 24.8 Å². The molecule has 0 bridgehead atoms. The topological polar surface area (TPSA) is 188 Å². The summed E-state index contributed by atoms with van der Waals surface area (Å²) >= 11 is 0. The third-order valence-electron chi connectivity index (χ3n) is 7.47. The van der Waals surface area contributed by atoms with E-state index in [9.17, 15) is 32.4 Å². The number of alkyl carbamates (subject to hydrolysis) is 1. The smallest absolute Gasteiger partial charge is 0.414 e. The van der Waals surface area contributed by atoms with Gasteiger partial charge in [0.05, 0.1) is 4.75 Å². The van der Waals surface area contributed by atoms with Gasteiger partial charge in [0.25, 0.3) is 0 Å². The second kappa shape index (κ2) is 12.9. The number of sulfone groups is 1. The number of imide groups is 1. The van der Waals surface area contributed by atoms with Crippen LogP contribution in [0.4, 0.5) is 4.79 Å². The van der Waals surface area contributed by atoms with E-state index < -0.39 is 74.4 Å². The average molecular weight is 616 g/mol. The zero-order valence-corrected chi connectivity index (χ0v) is 24.5. The van der Waals surface area contributed by atoms with E-state index in [-0.39, 0.29) is 26.1 Å². The summed E-state index contributed by atoms with van der Waals surface area (Å²) in [6.45, 7) is 2.00. The summed E-state index contributed by atoms with van der Waals surface area (Å²) in [6.07, 6.45) is -1.45. The van der Waals surface area contributed by atoms with E-state index in [2.05, 4.69) is 0 Å². The number of amides is 3. The minimum Gasteiger partial charge on any atom is -0.464 e. The third-order valence-corrected chi connectivity index (χ3v) is 10.4. The van der Waals surface area contributed by atoms with Crippen molar-refractivity contribution in [2.45, 2.75) is 62.1 Å². The average Bonchev–Trinajstić information content (AvgIpc) is 3.13. The number of carbonyl (C=O) groups excluding carboxylic acids is 5. The van der Waals surface area contributed by atoms with Gasteiger partial charge in [0.1, 0.15) is 37.8 Å². The van der Waals surface area contributed by atoms with Crippen LogP contribution in [0.3, 0.4) is 0 Å². The first-order chi connectivity index (χ1) is 20.3. The number of hydrogen-bond donors (Lipinski definition) is 2. The minimum absolute atomic E-state index is 0.0351. The highest BCUT2D eigenvalue weighted by molar-refractivity contribution is 7.93. The number of rotatable bonds is 11. The molecule has 13 nitrogen and oxygen atoms in total. The van der Waals surface area contributed by atoms with Crippen molar-refractivity contribution in [3.63, 3.8) is 0 Å². The Balaban J connectivity index is 1.25. The third kappa shape index (κ3) is 6.70. The van der Waals surface area contributed by atoms with Crippen LogP contribution in [0.5, 0.6) is 0 Å². The van der Waals surface area contributed by atoms with Gasteiger partial charge >= 0.3 is 18.0 Å². The van der Waals surface area contributed by atoms with Gasteiger partial charge in [-0.2, -0.15) is 0 Å². The van der Waals surface area contributed by atoms with Crippen LogP contribution in [0, 0.1) is 5.92 Å². The van der Waals surface area contributed by atoms with Gasteiger partial charge in [-0.3, -0.25) is 19.7 Å². The zero-order chi connectivity index (χ0) is 31.4. The molecule has 2 aromatic carbocycles. The Hall–Kier alpha value is -4.30. The monoisotopic (exact) mass is 615 g/mol. The highest BCUT2D eigenvalue weighted by Gasteiger charge is 2.72. The molecule has 2 aliphatic rings. The number of carbonyl (C=O) groups is 5. The predicted octanol–water partition coefficient (Wildman–Crippen LogP) is 1.19. The first-order valence-corrected chi connectivity index (χ1v) is 15.1. The first-order valence-electron chi connectivity index (χ1n) is 13.5. The lowest BCUT2D eigenvalue weighted by Gasteiger charge is -2.42. The summed E-state index contributed by atoms with van der Waals surface area (Å²) in [6, 6.07) is 15.0. The fourth-order valence-electron chi connectivity index (χ4n) is 4.97. The molecule has 230 valence electrons. The van der Waals surface area contributed by atoms with Crippen LogP contribution in [0.1, 0.15) is 37.8 Å². The number of fused-ring (bicyclic) bond motifs is 1. The summed E-state index contributed by atoms with van der Waals surface area (Å²) in [5.41, 5.74) is 7.24. The number of esters is 2. The van der Waals surface area contributed by atoms with Crippen LogP contribution in [0.15, 0.2) is 60.7 Å². The lowest BCUT2D eigenvalue weighted by atomic mass is 9.92. The molecule has 0 unspecified atom stereocenters. The Morgan fingerprint density at radius 1 is 0.930 bits per heavy atom. The van der Waals surface area contributed by atoms with E-state index in [1.165, 1.54) is 13.8 Å². The number of nitrogens with two attached hydrogens (primary N) is 1. The van der Waals surface area contributed by atoms with Crippen LogP contribution >= 0.6 is 0 Å². The summed E-state index contributed by atoms with van der Waals surface area (Å²) in [5, 5.41) is 0.656. The molecular formula is C29H33N3O10S. The van der Waals surface area contributed by atoms with E-state index in [1.807, 2.05) is 5.32 Å². The van der Waals surface area contributed by atoms with Crippen molar-refractivity contribution < 1.29 is 46.6 Å². The van der Waals surface area contributed by atoms with Crippen molar-refractivity contribution in [2.24, 2.45) is 11.7 Å².